The highest BCUT2D eigenvalue weighted by molar-refractivity contribution is 5.85. The number of carbonyl (C=O) groups is 3. The van der Waals surface area contributed by atoms with Crippen molar-refractivity contribution >= 4 is 18.0 Å². The Morgan fingerprint density at radius 3 is 2.15 bits per heavy atom. The number of aliphatic carboxylic acids is 1. The molecule has 2 aromatic rings. The second-order valence-electron chi connectivity index (χ2n) is 9.26. The van der Waals surface area contributed by atoms with Gasteiger partial charge in [-0.15, -0.1) is 0 Å². The minimum absolute atomic E-state index is 0.0469. The maximum atomic E-state index is 13.0. The summed E-state index contributed by atoms with van der Waals surface area (Å²) in [4.78, 5) is 37.9. The van der Waals surface area contributed by atoms with E-state index in [0.717, 1.165) is 22.3 Å². The number of carboxylic acid groups (broad SMARTS) is 1. The summed E-state index contributed by atoms with van der Waals surface area (Å²) in [5.74, 6) is -0.890. The number of rotatable bonds is 11. The number of likely N-dealkylation sites (N-methyl/N-ethyl adjacent to an activating group) is 1. The molecule has 1 atom stereocenters. The molecule has 1 unspecified atom stereocenters. The molecule has 1 aliphatic rings. The SMILES string of the molecule is CC(C)CC(NC(=O)OCC1c2ccccc2-c2ccccc21)C(=O)N(C)CCCCC(=O)O. The monoisotopic (exact) mass is 466 g/mol. The van der Waals surface area contributed by atoms with E-state index in [0.29, 0.717) is 25.8 Å². The zero-order valence-electron chi connectivity index (χ0n) is 20.1. The van der Waals surface area contributed by atoms with Crippen molar-refractivity contribution in [2.24, 2.45) is 5.92 Å². The zero-order chi connectivity index (χ0) is 24.7. The Labute approximate surface area is 201 Å². The van der Waals surface area contributed by atoms with Crippen LogP contribution >= 0.6 is 0 Å². The lowest BCUT2D eigenvalue weighted by molar-refractivity contribution is -0.137. The maximum Gasteiger partial charge on any atom is 0.407 e. The lowest BCUT2D eigenvalue weighted by Crippen LogP contribution is -2.48. The molecule has 0 saturated carbocycles. The van der Waals surface area contributed by atoms with Gasteiger partial charge in [0, 0.05) is 25.9 Å². The summed E-state index contributed by atoms with van der Waals surface area (Å²) in [6, 6.07) is 15.6. The minimum atomic E-state index is -0.844. The lowest BCUT2D eigenvalue weighted by atomic mass is 9.98. The van der Waals surface area contributed by atoms with Crippen molar-refractivity contribution < 1.29 is 24.2 Å². The Morgan fingerprint density at radius 1 is 1.00 bits per heavy atom. The van der Waals surface area contributed by atoms with Crippen LogP contribution in [0.1, 0.15) is 56.6 Å². The van der Waals surface area contributed by atoms with Crippen LogP contribution < -0.4 is 5.32 Å². The van der Waals surface area contributed by atoms with Crippen molar-refractivity contribution in [1.29, 1.82) is 0 Å². The molecule has 0 aliphatic heterocycles. The second kappa shape index (κ2) is 11.7. The number of carbonyl (C=O) groups excluding carboxylic acids is 2. The summed E-state index contributed by atoms with van der Waals surface area (Å²) in [6.07, 6.45) is 1.05. The molecule has 0 aromatic heterocycles. The average molecular weight is 467 g/mol. The Kier molecular flexibility index (Phi) is 8.68. The highest BCUT2D eigenvalue weighted by Gasteiger charge is 2.30. The summed E-state index contributed by atoms with van der Waals surface area (Å²) in [5.41, 5.74) is 4.58. The second-order valence-corrected chi connectivity index (χ2v) is 9.26. The van der Waals surface area contributed by atoms with E-state index in [1.807, 2.05) is 38.1 Å². The summed E-state index contributed by atoms with van der Waals surface area (Å²) >= 11 is 0. The van der Waals surface area contributed by atoms with Crippen molar-refractivity contribution in [3.05, 3.63) is 59.7 Å². The van der Waals surface area contributed by atoms with Crippen LogP contribution in [0.5, 0.6) is 0 Å². The third-order valence-corrected chi connectivity index (χ3v) is 6.15. The quantitative estimate of drug-likeness (QED) is 0.470. The van der Waals surface area contributed by atoms with Gasteiger partial charge in [-0.25, -0.2) is 4.79 Å². The van der Waals surface area contributed by atoms with Crippen molar-refractivity contribution in [1.82, 2.24) is 10.2 Å². The van der Waals surface area contributed by atoms with E-state index in [1.165, 1.54) is 0 Å². The molecule has 0 heterocycles. The van der Waals surface area contributed by atoms with Gasteiger partial charge in [0.05, 0.1) is 0 Å². The summed E-state index contributed by atoms with van der Waals surface area (Å²) in [6.45, 7) is 4.61. The van der Waals surface area contributed by atoms with Crippen LogP contribution in [0.3, 0.4) is 0 Å². The normalized spacial score (nSPS) is 13.2. The smallest absolute Gasteiger partial charge is 0.407 e. The third kappa shape index (κ3) is 6.37. The number of amides is 2. The van der Waals surface area contributed by atoms with E-state index in [1.54, 1.807) is 11.9 Å². The molecular weight excluding hydrogens is 432 g/mol. The van der Waals surface area contributed by atoms with Gasteiger partial charge in [-0.3, -0.25) is 9.59 Å². The number of alkyl carbamates (subject to hydrolysis) is 1. The molecule has 2 aromatic carbocycles. The van der Waals surface area contributed by atoms with E-state index in [-0.39, 0.29) is 30.8 Å². The highest BCUT2D eigenvalue weighted by Crippen LogP contribution is 2.44. The average Bonchev–Trinajstić information content (AvgIpc) is 3.13. The first-order valence-corrected chi connectivity index (χ1v) is 11.9. The Bertz CT molecular complexity index is 974. The first-order valence-electron chi connectivity index (χ1n) is 11.9. The number of hydrogen-bond acceptors (Lipinski definition) is 4. The van der Waals surface area contributed by atoms with Gasteiger partial charge in [0.15, 0.2) is 0 Å². The summed E-state index contributed by atoms with van der Waals surface area (Å²) in [5, 5.41) is 11.5. The summed E-state index contributed by atoms with van der Waals surface area (Å²) in [7, 11) is 1.68. The molecular formula is C27H34N2O5. The van der Waals surface area contributed by atoms with Crippen LogP contribution in [0.25, 0.3) is 11.1 Å². The van der Waals surface area contributed by atoms with Gasteiger partial charge in [-0.2, -0.15) is 0 Å². The number of nitrogens with one attached hydrogen (secondary N) is 1. The van der Waals surface area contributed by atoms with Crippen LogP contribution in [0.4, 0.5) is 4.79 Å². The Morgan fingerprint density at radius 2 is 1.59 bits per heavy atom. The van der Waals surface area contributed by atoms with Gasteiger partial charge < -0.3 is 20.1 Å². The maximum absolute atomic E-state index is 13.0. The van der Waals surface area contributed by atoms with Gasteiger partial charge in [-0.1, -0.05) is 62.4 Å². The van der Waals surface area contributed by atoms with E-state index < -0.39 is 18.1 Å². The molecule has 182 valence electrons. The van der Waals surface area contributed by atoms with Crippen LogP contribution in [-0.2, 0) is 14.3 Å². The molecule has 0 saturated heterocycles. The number of ether oxygens (including phenoxy) is 1. The van der Waals surface area contributed by atoms with Gasteiger partial charge in [0.1, 0.15) is 12.6 Å². The van der Waals surface area contributed by atoms with Gasteiger partial charge in [0.25, 0.3) is 0 Å². The standard InChI is InChI=1S/C27H34N2O5/c1-18(2)16-24(26(32)29(3)15-9-8-14-25(30)31)28-27(33)34-17-23-21-12-6-4-10-19(21)20-11-5-7-13-22(20)23/h4-7,10-13,18,23-24H,8-9,14-17H2,1-3H3,(H,28,33)(H,30,31). The van der Waals surface area contributed by atoms with Gasteiger partial charge in [-0.05, 0) is 47.4 Å². The molecule has 7 heteroatoms. The molecule has 0 radical (unpaired) electrons. The fourth-order valence-corrected chi connectivity index (χ4v) is 4.48. The third-order valence-electron chi connectivity index (χ3n) is 6.15. The molecule has 0 spiro atoms. The molecule has 2 amide bonds. The number of carboxylic acids is 1. The summed E-state index contributed by atoms with van der Waals surface area (Å²) < 4.78 is 5.62. The number of unbranched alkanes of at least 4 members (excludes halogenated alkanes) is 1. The van der Waals surface area contributed by atoms with Crippen molar-refractivity contribution in [3.63, 3.8) is 0 Å². The van der Waals surface area contributed by atoms with E-state index in [2.05, 4.69) is 29.6 Å². The fraction of sp³-hybridized carbons (Fsp3) is 0.444. The van der Waals surface area contributed by atoms with Gasteiger partial charge in [0.2, 0.25) is 5.91 Å². The number of hydrogen-bond donors (Lipinski definition) is 2. The number of nitrogens with zero attached hydrogens (tertiary/aromatic N) is 1. The van der Waals surface area contributed by atoms with Crippen molar-refractivity contribution in [2.45, 2.75) is 51.5 Å². The van der Waals surface area contributed by atoms with Crippen LogP contribution in [0.2, 0.25) is 0 Å². The molecule has 0 bridgehead atoms. The topological polar surface area (TPSA) is 95.9 Å². The molecule has 1 aliphatic carbocycles. The molecule has 0 fully saturated rings. The van der Waals surface area contributed by atoms with E-state index in [4.69, 9.17) is 9.84 Å². The minimum Gasteiger partial charge on any atom is -0.481 e. The highest BCUT2D eigenvalue weighted by atomic mass is 16.5. The zero-order valence-corrected chi connectivity index (χ0v) is 20.1. The largest absolute Gasteiger partial charge is 0.481 e. The van der Waals surface area contributed by atoms with Gasteiger partial charge >= 0.3 is 12.1 Å². The first kappa shape index (κ1) is 25.3. The predicted octanol–water partition coefficient (Wildman–Crippen LogP) is 4.65. The van der Waals surface area contributed by atoms with Crippen molar-refractivity contribution in [3.8, 4) is 11.1 Å². The lowest BCUT2D eigenvalue weighted by Gasteiger charge is -2.26. The molecule has 2 N–H and O–H groups in total. The fourth-order valence-electron chi connectivity index (χ4n) is 4.48. The Hall–Kier alpha value is -3.35. The number of benzene rings is 2. The van der Waals surface area contributed by atoms with Crippen LogP contribution in [0, 0.1) is 5.92 Å². The Balaban J connectivity index is 1.60. The number of fused-ring (bicyclic) bond motifs is 3. The first-order chi connectivity index (χ1) is 16.3. The van der Waals surface area contributed by atoms with Crippen LogP contribution in [0.15, 0.2) is 48.5 Å². The molecule has 3 rings (SSSR count). The van der Waals surface area contributed by atoms with E-state index >= 15 is 0 Å². The molecule has 7 nitrogen and oxygen atoms in total. The van der Waals surface area contributed by atoms with E-state index in [9.17, 15) is 14.4 Å². The molecule has 34 heavy (non-hydrogen) atoms. The van der Waals surface area contributed by atoms with Crippen molar-refractivity contribution in [2.75, 3.05) is 20.2 Å². The predicted molar refractivity (Wildman–Crippen MR) is 131 cm³/mol. The van der Waals surface area contributed by atoms with Crippen LogP contribution in [-0.4, -0.2) is 54.2 Å².